The van der Waals surface area contributed by atoms with Gasteiger partial charge in [0, 0.05) is 30.6 Å². The van der Waals surface area contributed by atoms with Crippen LogP contribution in [0.15, 0.2) is 11.6 Å². The summed E-state index contributed by atoms with van der Waals surface area (Å²) < 4.78 is 35.9. The van der Waals surface area contributed by atoms with Crippen molar-refractivity contribution in [2.75, 3.05) is 6.54 Å². The minimum Gasteiger partial charge on any atom is -0.313 e. The van der Waals surface area contributed by atoms with Crippen LogP contribution in [0.2, 0.25) is 0 Å². The van der Waals surface area contributed by atoms with Crippen molar-refractivity contribution in [3.8, 4) is 0 Å². The summed E-state index contributed by atoms with van der Waals surface area (Å²) >= 11 is 1.51. The van der Waals surface area contributed by atoms with E-state index in [1.54, 1.807) is 6.20 Å². The highest BCUT2D eigenvalue weighted by molar-refractivity contribution is 7.09. The molecule has 0 aliphatic carbocycles. The second-order valence-corrected chi connectivity index (χ2v) is 4.33. The van der Waals surface area contributed by atoms with Crippen molar-refractivity contribution in [3.05, 3.63) is 16.6 Å². The van der Waals surface area contributed by atoms with E-state index in [0.717, 1.165) is 5.01 Å². The Bertz CT molecular complexity index is 271. The first-order valence-corrected chi connectivity index (χ1v) is 5.54. The zero-order valence-corrected chi connectivity index (χ0v) is 9.16. The number of halogens is 3. The summed E-state index contributed by atoms with van der Waals surface area (Å²) in [6.07, 6.45) is -2.50. The Balaban J connectivity index is 2.15. The molecule has 1 unspecified atom stereocenters. The molecule has 0 bridgehead atoms. The van der Waals surface area contributed by atoms with Gasteiger partial charge in [0.15, 0.2) is 0 Å². The highest BCUT2D eigenvalue weighted by Gasteiger charge is 2.29. The predicted octanol–water partition coefficient (Wildman–Crippen LogP) is 2.62. The van der Waals surface area contributed by atoms with Gasteiger partial charge in [0.25, 0.3) is 0 Å². The lowest BCUT2D eigenvalue weighted by atomic mass is 10.2. The number of hydrogen-bond donors (Lipinski definition) is 1. The second-order valence-electron chi connectivity index (χ2n) is 3.35. The maximum Gasteiger partial charge on any atom is 0.390 e. The molecule has 0 fully saturated rings. The van der Waals surface area contributed by atoms with Crippen LogP contribution >= 0.6 is 11.3 Å². The molecule has 1 aromatic heterocycles. The topological polar surface area (TPSA) is 24.9 Å². The third kappa shape index (κ3) is 5.74. The van der Waals surface area contributed by atoms with E-state index in [-0.39, 0.29) is 0 Å². The van der Waals surface area contributed by atoms with E-state index in [4.69, 9.17) is 0 Å². The molecule has 0 spiro atoms. The number of aromatic nitrogens is 1. The third-order valence-corrected chi connectivity index (χ3v) is 2.69. The lowest BCUT2D eigenvalue weighted by Gasteiger charge is -2.15. The third-order valence-electron chi connectivity index (χ3n) is 1.85. The maximum atomic E-state index is 12.0. The standard InChI is InChI=1S/C9H13F3N2S/c1-7(6-9(10,11)12)13-3-2-8-14-4-5-15-8/h4-5,7,13H,2-3,6H2,1H3. The van der Waals surface area contributed by atoms with Crippen LogP contribution < -0.4 is 5.32 Å². The molecular formula is C9H13F3N2S. The van der Waals surface area contributed by atoms with E-state index in [2.05, 4.69) is 10.3 Å². The van der Waals surface area contributed by atoms with Crippen molar-refractivity contribution in [2.24, 2.45) is 0 Å². The summed E-state index contributed by atoms with van der Waals surface area (Å²) in [6, 6.07) is -0.537. The van der Waals surface area contributed by atoms with Crippen molar-refractivity contribution in [3.63, 3.8) is 0 Å². The molecule has 0 aliphatic rings. The Hall–Kier alpha value is -0.620. The molecule has 15 heavy (non-hydrogen) atoms. The van der Waals surface area contributed by atoms with E-state index in [9.17, 15) is 13.2 Å². The SMILES string of the molecule is CC(CC(F)(F)F)NCCc1nccs1. The zero-order chi connectivity index (χ0) is 11.3. The van der Waals surface area contributed by atoms with Crippen molar-refractivity contribution in [2.45, 2.75) is 32.0 Å². The Morgan fingerprint density at radius 3 is 2.80 bits per heavy atom. The largest absolute Gasteiger partial charge is 0.390 e. The molecule has 0 saturated heterocycles. The molecule has 2 nitrogen and oxygen atoms in total. The van der Waals surface area contributed by atoms with Crippen molar-refractivity contribution < 1.29 is 13.2 Å². The lowest BCUT2D eigenvalue weighted by molar-refractivity contribution is -0.138. The molecular weight excluding hydrogens is 225 g/mol. The average molecular weight is 238 g/mol. The Labute approximate surface area is 90.5 Å². The maximum absolute atomic E-state index is 12.0. The normalized spacial score (nSPS) is 14.1. The van der Waals surface area contributed by atoms with Gasteiger partial charge in [-0.1, -0.05) is 0 Å². The van der Waals surface area contributed by atoms with Gasteiger partial charge < -0.3 is 5.32 Å². The highest BCUT2D eigenvalue weighted by Crippen LogP contribution is 2.21. The fourth-order valence-corrected chi connectivity index (χ4v) is 1.84. The van der Waals surface area contributed by atoms with E-state index < -0.39 is 18.6 Å². The van der Waals surface area contributed by atoms with Gasteiger partial charge >= 0.3 is 6.18 Å². The number of nitrogens with one attached hydrogen (secondary N) is 1. The van der Waals surface area contributed by atoms with Gasteiger partial charge in [-0.3, -0.25) is 0 Å². The molecule has 1 atom stereocenters. The van der Waals surface area contributed by atoms with Gasteiger partial charge in [0.05, 0.1) is 11.4 Å². The first-order valence-electron chi connectivity index (χ1n) is 4.66. The molecule has 0 aliphatic heterocycles. The van der Waals surface area contributed by atoms with Crippen LogP contribution in [-0.4, -0.2) is 23.7 Å². The number of thiazole rings is 1. The lowest BCUT2D eigenvalue weighted by Crippen LogP contribution is -2.32. The molecule has 0 aromatic carbocycles. The quantitative estimate of drug-likeness (QED) is 0.853. The molecule has 1 heterocycles. The Kier molecular flexibility index (Phi) is 4.53. The van der Waals surface area contributed by atoms with Crippen molar-refractivity contribution in [1.82, 2.24) is 10.3 Å². The van der Waals surface area contributed by atoms with Crippen LogP contribution in [0, 0.1) is 0 Å². The van der Waals surface area contributed by atoms with Gasteiger partial charge in [-0.25, -0.2) is 4.98 Å². The summed E-state index contributed by atoms with van der Waals surface area (Å²) in [4.78, 5) is 4.04. The average Bonchev–Trinajstić information content (AvgIpc) is 2.53. The Morgan fingerprint density at radius 1 is 1.53 bits per heavy atom. The van der Waals surface area contributed by atoms with E-state index >= 15 is 0 Å². The summed E-state index contributed by atoms with van der Waals surface area (Å²) in [5.41, 5.74) is 0. The summed E-state index contributed by atoms with van der Waals surface area (Å²) in [6.45, 7) is 2.07. The summed E-state index contributed by atoms with van der Waals surface area (Å²) in [5, 5.41) is 5.63. The van der Waals surface area contributed by atoms with Gasteiger partial charge in [-0.05, 0) is 6.92 Å². The fraction of sp³-hybridized carbons (Fsp3) is 0.667. The molecule has 86 valence electrons. The Morgan fingerprint density at radius 2 is 2.27 bits per heavy atom. The number of nitrogens with zero attached hydrogens (tertiary/aromatic N) is 1. The van der Waals surface area contributed by atoms with E-state index in [1.807, 2.05) is 5.38 Å². The first kappa shape index (κ1) is 12.4. The summed E-state index contributed by atoms with van der Waals surface area (Å²) in [7, 11) is 0. The molecule has 0 saturated carbocycles. The molecule has 1 N–H and O–H groups in total. The molecule has 1 rings (SSSR count). The predicted molar refractivity (Wildman–Crippen MR) is 54.0 cm³/mol. The second kappa shape index (κ2) is 5.46. The van der Waals surface area contributed by atoms with Crippen LogP contribution in [0.1, 0.15) is 18.4 Å². The van der Waals surface area contributed by atoms with Crippen LogP contribution in [0.4, 0.5) is 13.2 Å². The van der Waals surface area contributed by atoms with Crippen LogP contribution in [0.3, 0.4) is 0 Å². The fourth-order valence-electron chi connectivity index (χ4n) is 1.22. The summed E-state index contributed by atoms with van der Waals surface area (Å²) in [5.74, 6) is 0. The van der Waals surface area contributed by atoms with Gasteiger partial charge in [-0.2, -0.15) is 13.2 Å². The molecule has 1 aromatic rings. The minimum absolute atomic E-state index is 0.532. The van der Waals surface area contributed by atoms with Crippen molar-refractivity contribution >= 4 is 11.3 Å². The molecule has 0 radical (unpaired) electrons. The van der Waals surface area contributed by atoms with E-state index in [0.29, 0.717) is 13.0 Å². The molecule has 6 heteroatoms. The monoisotopic (exact) mass is 238 g/mol. The first-order chi connectivity index (χ1) is 6.97. The molecule has 0 amide bonds. The number of alkyl halides is 3. The highest BCUT2D eigenvalue weighted by atomic mass is 32.1. The van der Waals surface area contributed by atoms with Gasteiger partial charge in [-0.15, -0.1) is 11.3 Å². The smallest absolute Gasteiger partial charge is 0.313 e. The zero-order valence-electron chi connectivity index (χ0n) is 8.34. The van der Waals surface area contributed by atoms with Crippen LogP contribution in [0.5, 0.6) is 0 Å². The van der Waals surface area contributed by atoms with Gasteiger partial charge in [0.2, 0.25) is 0 Å². The van der Waals surface area contributed by atoms with Crippen molar-refractivity contribution in [1.29, 1.82) is 0 Å². The number of rotatable bonds is 5. The minimum atomic E-state index is -4.09. The van der Waals surface area contributed by atoms with Crippen LogP contribution in [-0.2, 0) is 6.42 Å². The van der Waals surface area contributed by atoms with Crippen LogP contribution in [0.25, 0.3) is 0 Å². The van der Waals surface area contributed by atoms with E-state index in [1.165, 1.54) is 18.3 Å². The number of hydrogen-bond acceptors (Lipinski definition) is 3. The van der Waals surface area contributed by atoms with Gasteiger partial charge in [0.1, 0.15) is 0 Å².